The summed E-state index contributed by atoms with van der Waals surface area (Å²) >= 11 is 0. The van der Waals surface area contributed by atoms with Crippen LogP contribution in [0.5, 0.6) is 0 Å². The number of ether oxygens (including phenoxy) is 1. The lowest BCUT2D eigenvalue weighted by atomic mass is 10.2. The van der Waals surface area contributed by atoms with Gasteiger partial charge in [-0.15, -0.1) is 0 Å². The Hall–Kier alpha value is -1.67. The zero-order valence-corrected chi connectivity index (χ0v) is 12.3. The molecule has 1 saturated heterocycles. The first-order valence-corrected chi connectivity index (χ1v) is 8.15. The Morgan fingerprint density at radius 1 is 1.33 bits per heavy atom. The Kier molecular flexibility index (Phi) is 4.79. The molecule has 0 aromatic heterocycles. The molecule has 1 aromatic rings. The van der Waals surface area contributed by atoms with Crippen LogP contribution in [0, 0.1) is 0 Å². The molecule has 0 saturated carbocycles. The quantitative estimate of drug-likeness (QED) is 0.783. The first-order valence-electron chi connectivity index (χ1n) is 6.33. The van der Waals surface area contributed by atoms with Crippen LogP contribution < -0.4 is 0 Å². The number of hydrogen-bond donors (Lipinski definition) is 0. The van der Waals surface area contributed by atoms with Gasteiger partial charge < -0.3 is 9.64 Å². The normalized spacial score (nSPS) is 22.3. The number of benzene rings is 1. The lowest BCUT2D eigenvalue weighted by Crippen LogP contribution is -2.31. The van der Waals surface area contributed by atoms with E-state index in [9.17, 15) is 17.6 Å². The van der Waals surface area contributed by atoms with E-state index >= 15 is 0 Å². The summed E-state index contributed by atoms with van der Waals surface area (Å²) in [6.07, 6.45) is -2.58. The van der Waals surface area contributed by atoms with Crippen LogP contribution in [0.15, 0.2) is 30.3 Å². The molecule has 0 N–H and O–H groups in total. The van der Waals surface area contributed by atoms with Crippen molar-refractivity contribution in [3.63, 3.8) is 0 Å². The number of likely N-dealkylation sites (tertiary alicyclic amines) is 1. The Labute approximate surface area is 122 Å². The third-order valence-corrected chi connectivity index (χ3v) is 3.56. The minimum Gasteiger partial charge on any atom is -0.445 e. The fourth-order valence-corrected chi connectivity index (χ4v) is 2.64. The molecule has 0 radical (unpaired) electrons. The zero-order valence-electron chi connectivity index (χ0n) is 11.4. The van der Waals surface area contributed by atoms with Crippen molar-refractivity contribution in [2.75, 3.05) is 19.3 Å². The van der Waals surface area contributed by atoms with E-state index < -0.39 is 28.5 Å². The summed E-state index contributed by atoms with van der Waals surface area (Å²) in [7, 11) is -3.76. The largest absolute Gasteiger partial charge is 0.445 e. The Balaban J connectivity index is 1.87. The molecule has 2 rings (SSSR count). The van der Waals surface area contributed by atoms with Crippen LogP contribution in [0.4, 0.5) is 9.18 Å². The van der Waals surface area contributed by atoms with Gasteiger partial charge >= 0.3 is 6.09 Å². The van der Waals surface area contributed by atoms with Gasteiger partial charge in [-0.3, -0.25) is 4.18 Å². The van der Waals surface area contributed by atoms with Crippen LogP contribution in [0.25, 0.3) is 0 Å². The predicted octanol–water partition coefficient (Wildman–Crippen LogP) is 1.32. The number of rotatable bonds is 4. The second kappa shape index (κ2) is 6.40. The van der Waals surface area contributed by atoms with Crippen molar-refractivity contribution >= 4 is 16.2 Å². The van der Waals surface area contributed by atoms with Crippen molar-refractivity contribution < 1.29 is 26.5 Å². The molecule has 2 atom stereocenters. The highest BCUT2D eigenvalue weighted by Gasteiger charge is 2.39. The molecule has 6 nitrogen and oxygen atoms in total. The van der Waals surface area contributed by atoms with Gasteiger partial charge in [-0.05, 0) is 5.56 Å². The maximum atomic E-state index is 13.7. The molecular formula is C13H16FNO5S. The lowest BCUT2D eigenvalue weighted by Gasteiger charge is -2.15. The topological polar surface area (TPSA) is 72.9 Å². The second-order valence-corrected chi connectivity index (χ2v) is 6.40. The van der Waals surface area contributed by atoms with E-state index in [1.54, 1.807) is 12.1 Å². The van der Waals surface area contributed by atoms with Gasteiger partial charge in [0.1, 0.15) is 18.9 Å². The summed E-state index contributed by atoms with van der Waals surface area (Å²) in [6.45, 7) is -0.319. The van der Waals surface area contributed by atoms with Gasteiger partial charge in [-0.2, -0.15) is 8.42 Å². The number of carbonyl (C=O) groups is 1. The first kappa shape index (κ1) is 15.7. The summed E-state index contributed by atoms with van der Waals surface area (Å²) in [5.74, 6) is 0. The van der Waals surface area contributed by atoms with E-state index in [2.05, 4.69) is 4.18 Å². The fourth-order valence-electron chi connectivity index (χ4n) is 2.01. The molecular weight excluding hydrogens is 301 g/mol. The maximum Gasteiger partial charge on any atom is 0.410 e. The van der Waals surface area contributed by atoms with Gasteiger partial charge in [0.05, 0.1) is 19.3 Å². The zero-order chi connectivity index (χ0) is 15.5. The molecule has 0 spiro atoms. The van der Waals surface area contributed by atoms with Crippen molar-refractivity contribution in [1.29, 1.82) is 0 Å². The van der Waals surface area contributed by atoms with Crippen LogP contribution in [-0.4, -0.2) is 51.0 Å². The van der Waals surface area contributed by atoms with Crippen molar-refractivity contribution in [3.8, 4) is 0 Å². The number of halogens is 1. The van der Waals surface area contributed by atoms with E-state index in [4.69, 9.17) is 4.74 Å². The van der Waals surface area contributed by atoms with E-state index in [0.29, 0.717) is 0 Å². The third kappa shape index (κ3) is 4.68. The summed E-state index contributed by atoms with van der Waals surface area (Å²) in [6, 6.07) is 9.06. The van der Waals surface area contributed by atoms with E-state index in [1.807, 2.05) is 18.2 Å². The molecule has 116 valence electrons. The van der Waals surface area contributed by atoms with Crippen molar-refractivity contribution in [2.24, 2.45) is 0 Å². The number of alkyl halides is 1. The van der Waals surface area contributed by atoms with Crippen molar-refractivity contribution in [2.45, 2.75) is 18.9 Å². The van der Waals surface area contributed by atoms with Crippen LogP contribution in [0.3, 0.4) is 0 Å². The van der Waals surface area contributed by atoms with Gasteiger partial charge in [0.25, 0.3) is 10.1 Å². The Bertz CT molecular complexity index is 592. The average Bonchev–Trinajstić information content (AvgIpc) is 2.77. The molecule has 1 aromatic carbocycles. The summed E-state index contributed by atoms with van der Waals surface area (Å²) in [5, 5.41) is 0. The van der Waals surface area contributed by atoms with Crippen LogP contribution in [0.2, 0.25) is 0 Å². The lowest BCUT2D eigenvalue weighted by molar-refractivity contribution is 0.0995. The molecule has 1 aliphatic heterocycles. The highest BCUT2D eigenvalue weighted by atomic mass is 32.2. The first-order chi connectivity index (χ1) is 9.85. The number of carbonyl (C=O) groups excluding carboxylic acids is 1. The van der Waals surface area contributed by atoms with Gasteiger partial charge in [0, 0.05) is 0 Å². The van der Waals surface area contributed by atoms with Crippen LogP contribution >= 0.6 is 0 Å². The van der Waals surface area contributed by atoms with Gasteiger partial charge in [0.15, 0.2) is 0 Å². The maximum absolute atomic E-state index is 13.7. The molecule has 8 heteroatoms. The average molecular weight is 317 g/mol. The molecule has 1 heterocycles. The predicted molar refractivity (Wildman–Crippen MR) is 72.8 cm³/mol. The van der Waals surface area contributed by atoms with Crippen LogP contribution in [-0.2, 0) is 25.6 Å². The molecule has 21 heavy (non-hydrogen) atoms. The smallest absolute Gasteiger partial charge is 0.410 e. The van der Waals surface area contributed by atoms with E-state index in [1.165, 1.54) is 0 Å². The van der Waals surface area contributed by atoms with Gasteiger partial charge in [-0.25, -0.2) is 9.18 Å². The monoisotopic (exact) mass is 317 g/mol. The highest BCUT2D eigenvalue weighted by Crippen LogP contribution is 2.19. The third-order valence-electron chi connectivity index (χ3n) is 2.96. The van der Waals surface area contributed by atoms with Crippen LogP contribution in [0.1, 0.15) is 5.56 Å². The van der Waals surface area contributed by atoms with Gasteiger partial charge in [0.2, 0.25) is 0 Å². The van der Waals surface area contributed by atoms with Gasteiger partial charge in [-0.1, -0.05) is 30.3 Å². The van der Waals surface area contributed by atoms with E-state index in [-0.39, 0.29) is 19.7 Å². The second-order valence-electron chi connectivity index (χ2n) is 4.80. The highest BCUT2D eigenvalue weighted by molar-refractivity contribution is 7.86. The molecule has 1 amide bonds. The fraction of sp³-hybridized carbons (Fsp3) is 0.462. The van der Waals surface area contributed by atoms with Crippen molar-refractivity contribution in [3.05, 3.63) is 35.9 Å². The number of hydrogen-bond acceptors (Lipinski definition) is 5. The molecule has 0 bridgehead atoms. The summed E-state index contributed by atoms with van der Waals surface area (Å²) < 4.78 is 45.3. The van der Waals surface area contributed by atoms with Crippen molar-refractivity contribution in [1.82, 2.24) is 4.90 Å². The standard InChI is InChI=1S/C13H16FNO5S/c1-21(17,18)20-12-8-15(7-11(12)14)13(16)19-9-10-5-3-2-4-6-10/h2-6,11-12H,7-9H2,1H3/t11-,12-/m0/s1. The Morgan fingerprint density at radius 2 is 2.00 bits per heavy atom. The number of nitrogens with zero attached hydrogens (tertiary/aromatic N) is 1. The minimum absolute atomic E-state index is 0.0741. The van der Waals surface area contributed by atoms with E-state index in [0.717, 1.165) is 16.7 Å². The minimum atomic E-state index is -3.76. The Morgan fingerprint density at radius 3 is 2.62 bits per heavy atom. The number of amides is 1. The summed E-state index contributed by atoms with van der Waals surface area (Å²) in [5.41, 5.74) is 0.811. The SMILES string of the molecule is CS(=O)(=O)O[C@H]1CN(C(=O)OCc2ccccc2)C[C@@H]1F. The summed E-state index contributed by atoms with van der Waals surface area (Å²) in [4.78, 5) is 12.9. The molecule has 1 fully saturated rings. The molecule has 0 aliphatic carbocycles. The molecule has 0 unspecified atom stereocenters. The molecule has 1 aliphatic rings.